The second-order valence-electron chi connectivity index (χ2n) is 3.36. The van der Waals surface area contributed by atoms with Crippen molar-refractivity contribution >= 4 is 23.3 Å². The standard InChI is InChI=1S/C10H11NOS/c1-6-4-7(2)9-8(5-6)11(3)10(13)12-9/h4-5H,1-3H3. The Balaban J connectivity index is 3.03. The quantitative estimate of drug-likeness (QED) is 0.598. The van der Waals surface area contributed by atoms with E-state index in [2.05, 4.69) is 19.1 Å². The third kappa shape index (κ3) is 1.20. The van der Waals surface area contributed by atoms with Gasteiger partial charge in [0.05, 0.1) is 5.52 Å². The van der Waals surface area contributed by atoms with Gasteiger partial charge < -0.3 is 8.98 Å². The molecule has 68 valence electrons. The van der Waals surface area contributed by atoms with E-state index in [1.54, 1.807) is 0 Å². The predicted molar refractivity (Wildman–Crippen MR) is 55.5 cm³/mol. The molecule has 2 aromatic rings. The van der Waals surface area contributed by atoms with Gasteiger partial charge in [-0.1, -0.05) is 6.07 Å². The molecule has 0 saturated heterocycles. The molecule has 0 N–H and O–H groups in total. The molecule has 1 aromatic carbocycles. The summed E-state index contributed by atoms with van der Waals surface area (Å²) in [6.45, 7) is 4.11. The molecule has 0 radical (unpaired) electrons. The van der Waals surface area contributed by atoms with Crippen molar-refractivity contribution in [2.45, 2.75) is 13.8 Å². The number of aromatic nitrogens is 1. The fraction of sp³-hybridized carbons (Fsp3) is 0.300. The van der Waals surface area contributed by atoms with Gasteiger partial charge in [-0.05, 0) is 43.3 Å². The Labute approximate surface area is 81.8 Å². The monoisotopic (exact) mass is 193 g/mol. The van der Waals surface area contributed by atoms with Crippen molar-refractivity contribution in [2.24, 2.45) is 7.05 Å². The Hall–Kier alpha value is -1.09. The summed E-state index contributed by atoms with van der Waals surface area (Å²) in [7, 11) is 1.92. The third-order valence-corrected chi connectivity index (χ3v) is 2.58. The molecule has 0 spiro atoms. The number of aryl methyl sites for hydroxylation is 3. The first-order valence-corrected chi connectivity index (χ1v) is 4.57. The van der Waals surface area contributed by atoms with Crippen molar-refractivity contribution in [3.8, 4) is 0 Å². The van der Waals surface area contributed by atoms with Crippen molar-refractivity contribution in [3.63, 3.8) is 0 Å². The number of oxazole rings is 1. The molecule has 0 atom stereocenters. The van der Waals surface area contributed by atoms with Gasteiger partial charge in [-0.25, -0.2) is 0 Å². The SMILES string of the molecule is Cc1cc(C)c2oc(=S)n(C)c2c1. The molecule has 0 unspecified atom stereocenters. The fourth-order valence-electron chi connectivity index (χ4n) is 1.57. The smallest absolute Gasteiger partial charge is 0.269 e. The summed E-state index contributed by atoms with van der Waals surface area (Å²) >= 11 is 5.05. The molecule has 0 aliphatic rings. The first kappa shape index (κ1) is 8.51. The van der Waals surface area contributed by atoms with Crippen LogP contribution in [0, 0.1) is 18.7 Å². The Morgan fingerprint density at radius 2 is 2.00 bits per heavy atom. The molecular formula is C10H11NOS. The van der Waals surface area contributed by atoms with E-state index in [0.717, 1.165) is 16.7 Å². The molecule has 0 aliphatic carbocycles. The van der Waals surface area contributed by atoms with E-state index in [-0.39, 0.29) is 0 Å². The third-order valence-electron chi connectivity index (χ3n) is 2.22. The second-order valence-corrected chi connectivity index (χ2v) is 3.71. The highest BCUT2D eigenvalue weighted by Gasteiger charge is 2.06. The first-order valence-electron chi connectivity index (χ1n) is 4.16. The van der Waals surface area contributed by atoms with Crippen molar-refractivity contribution in [1.82, 2.24) is 4.57 Å². The van der Waals surface area contributed by atoms with Gasteiger partial charge in [0.25, 0.3) is 4.84 Å². The van der Waals surface area contributed by atoms with Crippen LogP contribution in [0.1, 0.15) is 11.1 Å². The summed E-state index contributed by atoms with van der Waals surface area (Å²) in [6.07, 6.45) is 0. The topological polar surface area (TPSA) is 18.1 Å². The van der Waals surface area contributed by atoms with E-state index in [0.29, 0.717) is 4.84 Å². The van der Waals surface area contributed by atoms with E-state index >= 15 is 0 Å². The summed E-state index contributed by atoms with van der Waals surface area (Å²) in [5, 5.41) is 0. The molecule has 0 fully saturated rings. The van der Waals surface area contributed by atoms with Crippen LogP contribution in [0.25, 0.3) is 11.1 Å². The van der Waals surface area contributed by atoms with E-state index in [1.807, 2.05) is 18.5 Å². The van der Waals surface area contributed by atoms with Gasteiger partial charge >= 0.3 is 0 Å². The minimum Gasteiger partial charge on any atom is -0.429 e. The maximum atomic E-state index is 5.46. The summed E-state index contributed by atoms with van der Waals surface area (Å²) in [4.78, 5) is 0.531. The Morgan fingerprint density at radius 1 is 1.31 bits per heavy atom. The van der Waals surface area contributed by atoms with E-state index in [1.165, 1.54) is 5.56 Å². The Bertz CT molecular complexity index is 521. The first-order chi connectivity index (χ1) is 6.09. The lowest BCUT2D eigenvalue weighted by molar-refractivity contribution is 0.557. The second kappa shape index (κ2) is 2.70. The lowest BCUT2D eigenvalue weighted by Gasteiger charge is -1.97. The van der Waals surface area contributed by atoms with Gasteiger partial charge in [-0.2, -0.15) is 0 Å². The molecule has 0 amide bonds. The lowest BCUT2D eigenvalue weighted by atomic mass is 10.1. The van der Waals surface area contributed by atoms with Gasteiger partial charge in [0, 0.05) is 7.05 Å². The van der Waals surface area contributed by atoms with Crippen molar-refractivity contribution < 1.29 is 4.42 Å². The molecular weight excluding hydrogens is 182 g/mol. The van der Waals surface area contributed by atoms with E-state index < -0.39 is 0 Å². The number of benzene rings is 1. The van der Waals surface area contributed by atoms with Crippen LogP contribution in [0.15, 0.2) is 16.5 Å². The molecule has 2 nitrogen and oxygen atoms in total. The minimum absolute atomic E-state index is 0.531. The molecule has 0 saturated carbocycles. The van der Waals surface area contributed by atoms with Gasteiger partial charge in [0.15, 0.2) is 5.58 Å². The highest BCUT2D eigenvalue weighted by Crippen LogP contribution is 2.21. The Kier molecular flexibility index (Phi) is 1.77. The predicted octanol–water partition coefficient (Wildman–Crippen LogP) is 3.12. The maximum Gasteiger partial charge on any atom is 0.269 e. The summed E-state index contributed by atoms with van der Waals surface area (Å²) in [5.74, 6) is 0. The number of rotatable bonds is 0. The summed E-state index contributed by atoms with van der Waals surface area (Å²) < 4.78 is 7.36. The summed E-state index contributed by atoms with van der Waals surface area (Å²) in [6, 6.07) is 4.18. The van der Waals surface area contributed by atoms with Crippen LogP contribution >= 0.6 is 12.2 Å². The van der Waals surface area contributed by atoms with Crippen LogP contribution in [0.4, 0.5) is 0 Å². The zero-order valence-corrected chi connectivity index (χ0v) is 8.73. The van der Waals surface area contributed by atoms with E-state index in [9.17, 15) is 0 Å². The molecule has 1 aromatic heterocycles. The molecule has 13 heavy (non-hydrogen) atoms. The highest BCUT2D eigenvalue weighted by molar-refractivity contribution is 7.71. The number of fused-ring (bicyclic) bond motifs is 1. The largest absolute Gasteiger partial charge is 0.429 e. The van der Waals surface area contributed by atoms with Crippen LogP contribution in [0.5, 0.6) is 0 Å². The maximum absolute atomic E-state index is 5.46. The highest BCUT2D eigenvalue weighted by atomic mass is 32.1. The molecule has 1 heterocycles. The lowest BCUT2D eigenvalue weighted by Crippen LogP contribution is -1.87. The zero-order chi connectivity index (χ0) is 9.59. The Morgan fingerprint density at radius 3 is 2.69 bits per heavy atom. The fourth-order valence-corrected chi connectivity index (χ4v) is 1.75. The average molecular weight is 193 g/mol. The number of nitrogens with zero attached hydrogens (tertiary/aromatic N) is 1. The van der Waals surface area contributed by atoms with Gasteiger partial charge in [-0.3, -0.25) is 0 Å². The van der Waals surface area contributed by atoms with Gasteiger partial charge in [-0.15, -0.1) is 0 Å². The van der Waals surface area contributed by atoms with Crippen LogP contribution in [0.3, 0.4) is 0 Å². The minimum atomic E-state index is 0.531. The molecule has 0 bridgehead atoms. The van der Waals surface area contributed by atoms with Crippen molar-refractivity contribution in [2.75, 3.05) is 0 Å². The van der Waals surface area contributed by atoms with Gasteiger partial charge in [0.1, 0.15) is 0 Å². The van der Waals surface area contributed by atoms with Crippen LogP contribution in [-0.2, 0) is 7.05 Å². The van der Waals surface area contributed by atoms with E-state index in [4.69, 9.17) is 16.6 Å². The molecule has 3 heteroatoms. The van der Waals surface area contributed by atoms with Crippen molar-refractivity contribution in [3.05, 3.63) is 28.1 Å². The molecule has 2 rings (SSSR count). The molecule has 0 aliphatic heterocycles. The average Bonchev–Trinajstić information content (AvgIpc) is 2.32. The van der Waals surface area contributed by atoms with Crippen LogP contribution < -0.4 is 0 Å². The van der Waals surface area contributed by atoms with Crippen LogP contribution in [0.2, 0.25) is 0 Å². The number of hydrogen-bond donors (Lipinski definition) is 0. The zero-order valence-electron chi connectivity index (χ0n) is 7.92. The summed E-state index contributed by atoms with van der Waals surface area (Å²) in [5.41, 5.74) is 4.35. The van der Waals surface area contributed by atoms with Crippen LogP contribution in [-0.4, -0.2) is 4.57 Å². The number of hydrogen-bond acceptors (Lipinski definition) is 2. The van der Waals surface area contributed by atoms with Crippen molar-refractivity contribution in [1.29, 1.82) is 0 Å². The van der Waals surface area contributed by atoms with Gasteiger partial charge in [0.2, 0.25) is 0 Å². The normalized spacial score (nSPS) is 11.0.